The minimum atomic E-state index is -0.509. The summed E-state index contributed by atoms with van der Waals surface area (Å²) in [7, 11) is 0. The molecule has 4 rings (SSSR count). The van der Waals surface area contributed by atoms with E-state index in [1.165, 1.54) is 12.3 Å². The van der Waals surface area contributed by atoms with Crippen molar-refractivity contribution >= 4 is 11.7 Å². The molecule has 6 nitrogen and oxygen atoms in total. The zero-order valence-corrected chi connectivity index (χ0v) is 14.1. The van der Waals surface area contributed by atoms with E-state index in [2.05, 4.69) is 20.2 Å². The highest BCUT2D eigenvalue weighted by atomic mass is 19.1. The lowest BCUT2D eigenvalue weighted by atomic mass is 9.91. The number of rotatable bonds is 4. The van der Waals surface area contributed by atoms with Crippen LogP contribution in [0.3, 0.4) is 0 Å². The average Bonchev–Trinajstić information content (AvgIpc) is 3.16. The molecule has 1 aliphatic rings. The molecule has 0 unspecified atom stereocenters. The number of pyridine rings is 2. The molecule has 26 heavy (non-hydrogen) atoms. The summed E-state index contributed by atoms with van der Waals surface area (Å²) >= 11 is 0. The second-order valence-corrected chi connectivity index (χ2v) is 6.40. The number of nitrogens with zero attached hydrogens (tertiary/aromatic N) is 4. The van der Waals surface area contributed by atoms with Gasteiger partial charge in [0.05, 0.1) is 5.69 Å². The fraction of sp³-hybridized carbons (Fsp3) is 0.263. The number of amides is 1. The molecule has 1 N–H and O–H groups in total. The smallest absolute Gasteiger partial charge is 0.231 e. The second kappa shape index (κ2) is 7.03. The normalized spacial score (nSPS) is 17.5. The van der Waals surface area contributed by atoms with Crippen LogP contribution >= 0.6 is 0 Å². The Morgan fingerprint density at radius 1 is 1.23 bits per heavy atom. The summed E-state index contributed by atoms with van der Waals surface area (Å²) in [5.41, 5.74) is 2.68. The quantitative estimate of drug-likeness (QED) is 0.733. The van der Waals surface area contributed by atoms with Crippen LogP contribution in [0.25, 0.3) is 11.3 Å². The van der Waals surface area contributed by atoms with Gasteiger partial charge in [0.2, 0.25) is 11.9 Å². The van der Waals surface area contributed by atoms with Crippen LogP contribution in [0.2, 0.25) is 0 Å². The van der Waals surface area contributed by atoms with Crippen LogP contribution in [0.1, 0.15) is 18.4 Å². The minimum absolute atomic E-state index is 0.0494. The van der Waals surface area contributed by atoms with Gasteiger partial charge < -0.3 is 0 Å². The van der Waals surface area contributed by atoms with E-state index < -0.39 is 5.95 Å². The number of hydrogen-bond donors (Lipinski definition) is 1. The number of aromatic amines is 1. The van der Waals surface area contributed by atoms with Crippen molar-refractivity contribution in [3.05, 3.63) is 60.4 Å². The zero-order valence-electron chi connectivity index (χ0n) is 14.1. The van der Waals surface area contributed by atoms with Crippen molar-refractivity contribution in [1.82, 2.24) is 20.2 Å². The summed E-state index contributed by atoms with van der Waals surface area (Å²) in [6, 6.07) is 8.67. The van der Waals surface area contributed by atoms with Crippen molar-refractivity contribution in [2.75, 3.05) is 11.4 Å². The predicted octanol–water partition coefficient (Wildman–Crippen LogP) is 2.99. The van der Waals surface area contributed by atoms with Crippen molar-refractivity contribution in [3.8, 4) is 11.3 Å². The molecule has 4 heterocycles. The molecule has 7 heteroatoms. The SMILES string of the molecule is O=C1[C@H](Cc2ccc(F)nc2)CCCN1c1cc(-c2ccncc2)[nH]n1. The van der Waals surface area contributed by atoms with E-state index in [0.717, 1.165) is 29.7 Å². The Morgan fingerprint density at radius 2 is 2.08 bits per heavy atom. The van der Waals surface area contributed by atoms with E-state index in [0.29, 0.717) is 18.8 Å². The van der Waals surface area contributed by atoms with Crippen molar-refractivity contribution in [3.63, 3.8) is 0 Å². The van der Waals surface area contributed by atoms with Crippen molar-refractivity contribution in [2.45, 2.75) is 19.3 Å². The van der Waals surface area contributed by atoms with Gasteiger partial charge in [0.1, 0.15) is 0 Å². The number of nitrogens with one attached hydrogen (secondary N) is 1. The fourth-order valence-corrected chi connectivity index (χ4v) is 3.31. The number of aromatic nitrogens is 4. The summed E-state index contributed by atoms with van der Waals surface area (Å²) in [6.45, 7) is 0.650. The Bertz CT molecular complexity index is 894. The first-order chi connectivity index (χ1) is 12.7. The van der Waals surface area contributed by atoms with Gasteiger partial charge in [0.15, 0.2) is 5.82 Å². The molecule has 1 saturated heterocycles. The maximum atomic E-state index is 13.0. The molecule has 132 valence electrons. The number of carbonyl (C=O) groups excluding carboxylic acids is 1. The van der Waals surface area contributed by atoms with Gasteiger partial charge in [-0.05, 0) is 43.0 Å². The Hall–Kier alpha value is -3.09. The van der Waals surface area contributed by atoms with Gasteiger partial charge in [0.25, 0.3) is 0 Å². The molecule has 3 aromatic rings. The molecular weight excluding hydrogens is 333 g/mol. The first-order valence-corrected chi connectivity index (χ1v) is 8.58. The number of carbonyl (C=O) groups is 1. The Labute approximate surface area is 150 Å². The number of piperidine rings is 1. The van der Waals surface area contributed by atoms with Crippen LogP contribution in [-0.2, 0) is 11.2 Å². The number of hydrogen-bond acceptors (Lipinski definition) is 4. The van der Waals surface area contributed by atoms with Gasteiger partial charge in [-0.1, -0.05) is 6.07 Å². The van der Waals surface area contributed by atoms with Gasteiger partial charge in [-0.25, -0.2) is 4.98 Å². The molecule has 1 atom stereocenters. The third-order valence-electron chi connectivity index (χ3n) is 4.65. The third-order valence-corrected chi connectivity index (χ3v) is 4.65. The van der Waals surface area contributed by atoms with Crippen molar-refractivity contribution < 1.29 is 9.18 Å². The maximum absolute atomic E-state index is 13.0. The summed E-state index contributed by atoms with van der Waals surface area (Å²) in [4.78, 5) is 22.3. The summed E-state index contributed by atoms with van der Waals surface area (Å²) in [6.07, 6.45) is 7.21. The molecule has 1 aliphatic heterocycles. The van der Waals surface area contributed by atoms with Gasteiger partial charge in [0, 0.05) is 42.7 Å². The van der Waals surface area contributed by atoms with E-state index in [1.54, 1.807) is 23.4 Å². The van der Waals surface area contributed by atoms with Crippen LogP contribution in [-0.4, -0.2) is 32.6 Å². The lowest BCUT2D eigenvalue weighted by molar-refractivity contribution is -0.123. The monoisotopic (exact) mass is 351 g/mol. The maximum Gasteiger partial charge on any atom is 0.231 e. The summed E-state index contributed by atoms with van der Waals surface area (Å²) in [5, 5.41) is 7.30. The van der Waals surface area contributed by atoms with E-state index in [1.807, 2.05) is 18.2 Å². The minimum Gasteiger partial charge on any atom is -0.295 e. The van der Waals surface area contributed by atoms with E-state index in [9.17, 15) is 9.18 Å². The zero-order chi connectivity index (χ0) is 17.9. The highest BCUT2D eigenvalue weighted by molar-refractivity contribution is 5.95. The molecule has 0 saturated carbocycles. The van der Waals surface area contributed by atoms with Crippen molar-refractivity contribution in [2.24, 2.45) is 5.92 Å². The summed E-state index contributed by atoms with van der Waals surface area (Å²) < 4.78 is 13.0. The lowest BCUT2D eigenvalue weighted by Gasteiger charge is -2.30. The second-order valence-electron chi connectivity index (χ2n) is 6.40. The number of H-pyrrole nitrogens is 1. The van der Waals surface area contributed by atoms with Crippen LogP contribution in [0, 0.1) is 11.9 Å². The van der Waals surface area contributed by atoms with Crippen LogP contribution < -0.4 is 4.90 Å². The predicted molar refractivity (Wildman–Crippen MR) is 94.8 cm³/mol. The Balaban J connectivity index is 1.51. The first-order valence-electron chi connectivity index (χ1n) is 8.58. The third kappa shape index (κ3) is 3.33. The largest absolute Gasteiger partial charge is 0.295 e. The molecule has 0 bridgehead atoms. The average molecular weight is 351 g/mol. The number of halogens is 1. The van der Waals surface area contributed by atoms with Crippen molar-refractivity contribution in [1.29, 1.82) is 0 Å². The van der Waals surface area contributed by atoms with E-state index in [-0.39, 0.29) is 11.8 Å². The molecular formula is C19H18FN5O. The molecule has 3 aromatic heterocycles. The summed E-state index contributed by atoms with van der Waals surface area (Å²) in [5.74, 6) is 0.0275. The topological polar surface area (TPSA) is 74.8 Å². The Kier molecular flexibility index (Phi) is 4.43. The van der Waals surface area contributed by atoms with Gasteiger partial charge >= 0.3 is 0 Å². The fourth-order valence-electron chi connectivity index (χ4n) is 3.31. The molecule has 0 aromatic carbocycles. The standard InChI is InChI=1S/C19H18FN5O/c20-17-4-3-13(12-22-17)10-15-2-1-9-25(19(15)26)18-11-16(23-24-18)14-5-7-21-8-6-14/h3-8,11-12,15H,1-2,9-10H2,(H,23,24)/t15-/m0/s1. The van der Waals surface area contributed by atoms with Crippen LogP contribution in [0.15, 0.2) is 48.9 Å². The van der Waals surface area contributed by atoms with Crippen LogP contribution in [0.5, 0.6) is 0 Å². The Morgan fingerprint density at radius 3 is 2.85 bits per heavy atom. The molecule has 0 radical (unpaired) electrons. The molecule has 0 spiro atoms. The van der Waals surface area contributed by atoms with E-state index in [4.69, 9.17) is 0 Å². The highest BCUT2D eigenvalue weighted by Crippen LogP contribution is 2.28. The first kappa shape index (κ1) is 16.4. The molecule has 1 fully saturated rings. The molecule has 1 amide bonds. The highest BCUT2D eigenvalue weighted by Gasteiger charge is 2.31. The van der Waals surface area contributed by atoms with E-state index >= 15 is 0 Å². The molecule has 0 aliphatic carbocycles. The van der Waals surface area contributed by atoms with Gasteiger partial charge in [-0.15, -0.1) is 0 Å². The lowest BCUT2D eigenvalue weighted by Crippen LogP contribution is -2.42. The van der Waals surface area contributed by atoms with Crippen LogP contribution in [0.4, 0.5) is 10.2 Å². The number of anilines is 1. The van der Waals surface area contributed by atoms with Gasteiger partial charge in [-0.2, -0.15) is 9.49 Å². The van der Waals surface area contributed by atoms with Gasteiger partial charge in [-0.3, -0.25) is 19.8 Å².